The van der Waals surface area contributed by atoms with E-state index in [1.807, 2.05) is 20.2 Å². The third-order valence-electron chi connectivity index (χ3n) is 3.01. The van der Waals surface area contributed by atoms with Gasteiger partial charge in [-0.2, -0.15) is 5.10 Å². The third-order valence-corrected chi connectivity index (χ3v) is 3.01. The lowest BCUT2D eigenvalue weighted by Crippen LogP contribution is -2.40. The first-order valence-electron chi connectivity index (χ1n) is 6.24. The van der Waals surface area contributed by atoms with E-state index in [-0.39, 0.29) is 23.3 Å². The van der Waals surface area contributed by atoms with E-state index in [0.29, 0.717) is 6.54 Å². The molecule has 0 fully saturated rings. The van der Waals surface area contributed by atoms with Crippen LogP contribution in [0.15, 0.2) is 12.4 Å². The second-order valence-corrected chi connectivity index (χ2v) is 5.89. The van der Waals surface area contributed by atoms with Crippen molar-refractivity contribution in [3.05, 3.63) is 18.0 Å². The number of nitrogens with one attached hydrogen (secondary N) is 1. The fourth-order valence-corrected chi connectivity index (χ4v) is 1.78. The Morgan fingerprint density at radius 3 is 2.56 bits per heavy atom. The molecule has 1 aromatic heterocycles. The van der Waals surface area contributed by atoms with E-state index in [9.17, 15) is 4.79 Å². The quantitative estimate of drug-likeness (QED) is 0.846. The Morgan fingerprint density at radius 1 is 1.56 bits per heavy atom. The van der Waals surface area contributed by atoms with E-state index in [1.54, 1.807) is 10.9 Å². The Bertz CT molecular complexity index is 405. The van der Waals surface area contributed by atoms with Crippen LogP contribution in [-0.4, -0.2) is 22.2 Å². The maximum absolute atomic E-state index is 12.0. The van der Waals surface area contributed by atoms with Crippen LogP contribution in [-0.2, 0) is 11.8 Å². The highest BCUT2D eigenvalue weighted by molar-refractivity contribution is 5.79. The molecular weight excluding hydrogens is 228 g/mol. The first kappa shape index (κ1) is 14.7. The van der Waals surface area contributed by atoms with Gasteiger partial charge in [0.25, 0.3) is 0 Å². The molecule has 3 N–H and O–H groups in total. The van der Waals surface area contributed by atoms with Crippen molar-refractivity contribution in [2.75, 3.05) is 6.54 Å². The Kier molecular flexibility index (Phi) is 4.51. The van der Waals surface area contributed by atoms with Gasteiger partial charge >= 0.3 is 0 Å². The average Bonchev–Trinajstić information content (AvgIpc) is 2.69. The van der Waals surface area contributed by atoms with Crippen molar-refractivity contribution >= 4 is 5.91 Å². The number of aromatic nitrogens is 2. The summed E-state index contributed by atoms with van der Waals surface area (Å²) in [5.74, 6) is -0.187. The van der Waals surface area contributed by atoms with Gasteiger partial charge in [0.2, 0.25) is 5.91 Å². The fourth-order valence-electron chi connectivity index (χ4n) is 1.78. The number of carbonyl (C=O) groups is 1. The number of nitrogens with zero attached hydrogens (tertiary/aromatic N) is 2. The first-order valence-corrected chi connectivity index (χ1v) is 6.24. The number of hydrogen-bond acceptors (Lipinski definition) is 3. The van der Waals surface area contributed by atoms with Crippen LogP contribution in [0.3, 0.4) is 0 Å². The van der Waals surface area contributed by atoms with Crippen LogP contribution in [0.1, 0.15) is 39.3 Å². The van der Waals surface area contributed by atoms with E-state index < -0.39 is 0 Å². The van der Waals surface area contributed by atoms with Gasteiger partial charge in [-0.25, -0.2) is 0 Å². The molecule has 0 aromatic carbocycles. The zero-order chi connectivity index (χ0) is 13.9. The summed E-state index contributed by atoms with van der Waals surface area (Å²) in [7, 11) is 1.87. The van der Waals surface area contributed by atoms with Crippen LogP contribution in [0.5, 0.6) is 0 Å². The highest BCUT2D eigenvalue weighted by Crippen LogP contribution is 2.32. The molecule has 1 rings (SSSR count). The number of amides is 1. The van der Waals surface area contributed by atoms with Gasteiger partial charge in [-0.3, -0.25) is 9.48 Å². The predicted molar refractivity (Wildman–Crippen MR) is 71.8 cm³/mol. The standard InChI is InChI=1S/C13H24N4O/c1-9(6-14)12(18)16-11(13(2,3)4)10-7-15-17(5)8-10/h7-9,11H,6,14H2,1-5H3,(H,16,18). The molecule has 102 valence electrons. The van der Waals surface area contributed by atoms with Crippen molar-refractivity contribution in [2.45, 2.75) is 33.7 Å². The Labute approximate surface area is 109 Å². The molecule has 0 bridgehead atoms. The molecule has 0 saturated carbocycles. The van der Waals surface area contributed by atoms with Crippen LogP contribution in [0.4, 0.5) is 0 Å². The highest BCUT2D eigenvalue weighted by Gasteiger charge is 2.29. The van der Waals surface area contributed by atoms with Crippen molar-refractivity contribution in [2.24, 2.45) is 24.1 Å². The molecule has 0 aliphatic rings. The van der Waals surface area contributed by atoms with Gasteiger partial charge in [0.15, 0.2) is 0 Å². The van der Waals surface area contributed by atoms with Crippen molar-refractivity contribution < 1.29 is 4.79 Å². The van der Waals surface area contributed by atoms with Gasteiger partial charge in [-0.15, -0.1) is 0 Å². The third kappa shape index (κ3) is 3.57. The molecule has 0 radical (unpaired) electrons. The van der Waals surface area contributed by atoms with Gasteiger partial charge in [0.05, 0.1) is 12.2 Å². The number of nitrogens with two attached hydrogens (primary N) is 1. The molecule has 1 amide bonds. The minimum atomic E-state index is -0.175. The van der Waals surface area contributed by atoms with Gasteiger partial charge in [0, 0.05) is 31.3 Å². The molecular formula is C13H24N4O. The van der Waals surface area contributed by atoms with E-state index in [1.165, 1.54) is 0 Å². The Morgan fingerprint density at radius 2 is 2.17 bits per heavy atom. The summed E-state index contributed by atoms with van der Waals surface area (Å²) in [6.45, 7) is 8.47. The van der Waals surface area contributed by atoms with Gasteiger partial charge in [0.1, 0.15) is 0 Å². The fraction of sp³-hybridized carbons (Fsp3) is 0.692. The Hall–Kier alpha value is -1.36. The predicted octanol–water partition coefficient (Wildman–Crippen LogP) is 1.22. The maximum Gasteiger partial charge on any atom is 0.224 e. The van der Waals surface area contributed by atoms with Crippen LogP contribution < -0.4 is 11.1 Å². The number of aryl methyl sites for hydroxylation is 1. The number of rotatable bonds is 4. The number of carbonyl (C=O) groups excluding carboxylic acids is 1. The van der Waals surface area contributed by atoms with Gasteiger partial charge in [-0.1, -0.05) is 27.7 Å². The highest BCUT2D eigenvalue weighted by atomic mass is 16.1. The maximum atomic E-state index is 12.0. The van der Waals surface area contributed by atoms with Crippen molar-refractivity contribution in [3.8, 4) is 0 Å². The normalized spacial score (nSPS) is 15.2. The molecule has 1 heterocycles. The molecule has 5 heteroatoms. The average molecular weight is 252 g/mol. The summed E-state index contributed by atoms with van der Waals surface area (Å²) in [4.78, 5) is 12.0. The van der Waals surface area contributed by atoms with Crippen LogP contribution in [0.25, 0.3) is 0 Å². The minimum Gasteiger partial charge on any atom is -0.348 e. The zero-order valence-corrected chi connectivity index (χ0v) is 11.9. The molecule has 0 aliphatic carbocycles. The van der Waals surface area contributed by atoms with Crippen molar-refractivity contribution in [1.82, 2.24) is 15.1 Å². The molecule has 0 saturated heterocycles. The summed E-state index contributed by atoms with van der Waals surface area (Å²) in [6.07, 6.45) is 3.73. The van der Waals surface area contributed by atoms with Crippen LogP contribution in [0, 0.1) is 11.3 Å². The lowest BCUT2D eigenvalue weighted by molar-refractivity contribution is -0.125. The zero-order valence-electron chi connectivity index (χ0n) is 11.9. The molecule has 0 aliphatic heterocycles. The second kappa shape index (κ2) is 5.52. The molecule has 2 atom stereocenters. The Balaban J connectivity index is 2.91. The molecule has 2 unspecified atom stereocenters. The van der Waals surface area contributed by atoms with E-state index >= 15 is 0 Å². The number of hydrogen-bond donors (Lipinski definition) is 2. The van der Waals surface area contributed by atoms with Crippen LogP contribution in [0.2, 0.25) is 0 Å². The lowest BCUT2D eigenvalue weighted by Gasteiger charge is -2.31. The minimum absolute atomic E-state index is 0.0127. The molecule has 1 aromatic rings. The SMILES string of the molecule is CC(CN)C(=O)NC(c1cnn(C)c1)C(C)(C)C. The monoisotopic (exact) mass is 252 g/mol. The molecule has 18 heavy (non-hydrogen) atoms. The van der Waals surface area contributed by atoms with Gasteiger partial charge < -0.3 is 11.1 Å². The molecule has 5 nitrogen and oxygen atoms in total. The first-order chi connectivity index (χ1) is 8.25. The summed E-state index contributed by atoms with van der Waals surface area (Å²) >= 11 is 0. The topological polar surface area (TPSA) is 72.9 Å². The van der Waals surface area contributed by atoms with Crippen molar-refractivity contribution in [1.29, 1.82) is 0 Å². The largest absolute Gasteiger partial charge is 0.348 e. The smallest absolute Gasteiger partial charge is 0.224 e. The van der Waals surface area contributed by atoms with Crippen molar-refractivity contribution in [3.63, 3.8) is 0 Å². The summed E-state index contributed by atoms with van der Waals surface area (Å²) < 4.78 is 1.74. The summed E-state index contributed by atoms with van der Waals surface area (Å²) in [6, 6.07) is -0.0623. The van der Waals surface area contributed by atoms with Gasteiger partial charge in [-0.05, 0) is 5.41 Å². The van der Waals surface area contributed by atoms with E-state index in [4.69, 9.17) is 5.73 Å². The summed E-state index contributed by atoms with van der Waals surface area (Å²) in [5, 5.41) is 7.23. The van der Waals surface area contributed by atoms with E-state index in [0.717, 1.165) is 5.56 Å². The lowest BCUT2D eigenvalue weighted by atomic mass is 9.83. The summed E-state index contributed by atoms with van der Waals surface area (Å²) in [5.41, 5.74) is 6.46. The van der Waals surface area contributed by atoms with Crippen LogP contribution >= 0.6 is 0 Å². The van der Waals surface area contributed by atoms with E-state index in [2.05, 4.69) is 31.2 Å². The second-order valence-electron chi connectivity index (χ2n) is 5.89. The molecule has 0 spiro atoms.